The first kappa shape index (κ1) is 23.5. The second-order valence-corrected chi connectivity index (χ2v) is 9.69. The SMILES string of the molecule is C[C@@H](C(=O)Nc1ccc(OC(F)(F)F)nc1)C1C[C@H]2CC(c3ccnc4ccc(F)cc34)C[C@H]2C1. The van der Waals surface area contributed by atoms with Gasteiger partial charge in [0.05, 0.1) is 17.4 Å². The van der Waals surface area contributed by atoms with Gasteiger partial charge in [0.15, 0.2) is 0 Å². The lowest BCUT2D eigenvalue weighted by atomic mass is 9.86. The lowest BCUT2D eigenvalue weighted by molar-refractivity contribution is -0.276. The lowest BCUT2D eigenvalue weighted by Crippen LogP contribution is -2.26. The molecule has 2 aromatic heterocycles. The molecule has 2 unspecified atom stereocenters. The number of carbonyl (C=O) groups is 1. The summed E-state index contributed by atoms with van der Waals surface area (Å²) in [5.41, 5.74) is 2.28. The maximum atomic E-state index is 13.9. The van der Waals surface area contributed by atoms with Crippen LogP contribution in [0.15, 0.2) is 48.8 Å². The minimum atomic E-state index is -4.81. The van der Waals surface area contributed by atoms with Gasteiger partial charge in [-0.05, 0) is 85.3 Å². The molecule has 1 aromatic carbocycles. The summed E-state index contributed by atoms with van der Waals surface area (Å²) in [6.45, 7) is 1.90. The average molecular weight is 487 g/mol. The molecule has 0 saturated heterocycles. The summed E-state index contributed by atoms with van der Waals surface area (Å²) in [6, 6.07) is 9.13. The fourth-order valence-corrected chi connectivity index (χ4v) is 5.92. The Bertz CT molecular complexity index is 1220. The maximum absolute atomic E-state index is 13.9. The number of carbonyl (C=O) groups excluding carboxylic acids is 1. The molecule has 0 bridgehead atoms. The normalized spacial score (nSPS) is 24.8. The first-order valence-electron chi connectivity index (χ1n) is 11.7. The van der Waals surface area contributed by atoms with Crippen molar-refractivity contribution in [1.29, 1.82) is 0 Å². The van der Waals surface area contributed by atoms with Crippen LogP contribution in [0.4, 0.5) is 23.2 Å². The van der Waals surface area contributed by atoms with E-state index in [2.05, 4.69) is 20.0 Å². The third-order valence-electron chi connectivity index (χ3n) is 7.57. The van der Waals surface area contributed by atoms with Crippen molar-refractivity contribution in [1.82, 2.24) is 9.97 Å². The van der Waals surface area contributed by atoms with Crippen LogP contribution in [-0.2, 0) is 4.79 Å². The Labute approximate surface area is 199 Å². The fourth-order valence-electron chi connectivity index (χ4n) is 5.92. The molecular formula is C26H25F4N3O2. The van der Waals surface area contributed by atoms with E-state index in [9.17, 15) is 22.4 Å². The quantitative estimate of drug-likeness (QED) is 0.420. The van der Waals surface area contributed by atoms with Gasteiger partial charge in [-0.2, -0.15) is 0 Å². The second kappa shape index (κ2) is 9.09. The summed E-state index contributed by atoms with van der Waals surface area (Å²) < 4.78 is 54.5. The molecule has 2 aliphatic carbocycles. The van der Waals surface area contributed by atoms with E-state index in [1.807, 2.05) is 13.0 Å². The molecule has 2 aliphatic rings. The molecule has 2 fully saturated rings. The minimum Gasteiger partial charge on any atom is -0.388 e. The van der Waals surface area contributed by atoms with Crippen molar-refractivity contribution in [2.45, 2.75) is 44.9 Å². The monoisotopic (exact) mass is 487 g/mol. The molecule has 0 spiro atoms. The summed E-state index contributed by atoms with van der Waals surface area (Å²) in [5.74, 6) is 0.364. The van der Waals surface area contributed by atoms with E-state index in [1.165, 1.54) is 12.1 Å². The number of pyridine rings is 2. The van der Waals surface area contributed by atoms with Gasteiger partial charge in [-0.15, -0.1) is 13.2 Å². The Morgan fingerprint density at radius 1 is 1.06 bits per heavy atom. The number of hydrogen-bond acceptors (Lipinski definition) is 4. The van der Waals surface area contributed by atoms with Crippen LogP contribution in [0.25, 0.3) is 10.9 Å². The molecular weight excluding hydrogens is 462 g/mol. The molecule has 2 heterocycles. The summed E-state index contributed by atoms with van der Waals surface area (Å²) in [4.78, 5) is 20.8. The largest absolute Gasteiger partial charge is 0.574 e. The van der Waals surface area contributed by atoms with E-state index in [0.29, 0.717) is 23.4 Å². The highest BCUT2D eigenvalue weighted by Crippen LogP contribution is 2.54. The topological polar surface area (TPSA) is 64.1 Å². The van der Waals surface area contributed by atoms with E-state index in [1.54, 1.807) is 18.3 Å². The number of alkyl halides is 3. The third-order valence-corrected chi connectivity index (χ3v) is 7.57. The number of amides is 1. The zero-order valence-electron chi connectivity index (χ0n) is 19.1. The number of fused-ring (bicyclic) bond motifs is 2. The number of nitrogens with zero attached hydrogens (tertiary/aromatic N) is 2. The van der Waals surface area contributed by atoms with E-state index in [-0.39, 0.29) is 23.6 Å². The fraction of sp³-hybridized carbons (Fsp3) is 0.423. The molecule has 0 radical (unpaired) electrons. The number of benzene rings is 1. The Hall–Kier alpha value is -3.23. The van der Waals surface area contributed by atoms with Crippen LogP contribution in [-0.4, -0.2) is 22.2 Å². The van der Waals surface area contributed by atoms with Crippen molar-refractivity contribution >= 4 is 22.5 Å². The van der Waals surface area contributed by atoms with Crippen molar-refractivity contribution in [3.63, 3.8) is 0 Å². The molecule has 1 N–H and O–H groups in total. The number of rotatable bonds is 5. The molecule has 184 valence electrons. The van der Waals surface area contributed by atoms with Crippen molar-refractivity contribution in [3.8, 4) is 5.88 Å². The molecule has 2 saturated carbocycles. The molecule has 1 amide bonds. The Balaban J connectivity index is 1.19. The molecule has 5 rings (SSSR count). The van der Waals surface area contributed by atoms with Crippen molar-refractivity contribution in [3.05, 3.63) is 60.2 Å². The Morgan fingerprint density at radius 3 is 2.46 bits per heavy atom. The van der Waals surface area contributed by atoms with Gasteiger partial charge in [-0.3, -0.25) is 9.78 Å². The van der Waals surface area contributed by atoms with Gasteiger partial charge in [0.25, 0.3) is 0 Å². The van der Waals surface area contributed by atoms with Gasteiger partial charge < -0.3 is 10.1 Å². The van der Waals surface area contributed by atoms with E-state index < -0.39 is 12.2 Å². The van der Waals surface area contributed by atoms with E-state index in [0.717, 1.165) is 54.4 Å². The first-order chi connectivity index (χ1) is 16.7. The Morgan fingerprint density at radius 2 is 1.80 bits per heavy atom. The van der Waals surface area contributed by atoms with Crippen LogP contribution < -0.4 is 10.1 Å². The molecule has 5 nitrogen and oxygen atoms in total. The van der Waals surface area contributed by atoms with Crippen LogP contribution in [0.3, 0.4) is 0 Å². The van der Waals surface area contributed by atoms with Crippen LogP contribution >= 0.6 is 0 Å². The highest BCUT2D eigenvalue weighted by atomic mass is 19.4. The molecule has 9 heteroatoms. The highest BCUT2D eigenvalue weighted by Gasteiger charge is 2.44. The number of ether oxygens (including phenoxy) is 1. The van der Waals surface area contributed by atoms with Gasteiger partial charge in [-0.1, -0.05) is 6.92 Å². The molecule has 5 atom stereocenters. The average Bonchev–Trinajstić information content (AvgIpc) is 3.38. The van der Waals surface area contributed by atoms with Crippen LogP contribution in [0.1, 0.15) is 44.1 Å². The smallest absolute Gasteiger partial charge is 0.388 e. The number of nitrogens with one attached hydrogen (secondary N) is 1. The van der Waals surface area contributed by atoms with Crippen molar-refractivity contribution < 1.29 is 27.1 Å². The van der Waals surface area contributed by atoms with Gasteiger partial charge >= 0.3 is 6.36 Å². The minimum absolute atomic E-state index is 0.173. The molecule has 3 aromatic rings. The second-order valence-electron chi connectivity index (χ2n) is 9.69. The van der Waals surface area contributed by atoms with Gasteiger partial charge in [-0.25, -0.2) is 9.37 Å². The number of anilines is 1. The standard InChI is InChI=1S/C26H25F4N3O2/c1-14(25(34)33-20-3-5-24(32-13-20)35-26(28,29)30)15-8-16-10-18(11-17(16)9-15)21-6-7-31-23-4-2-19(27)12-22(21)23/h2-7,12-18H,8-11H2,1H3,(H,33,34)/t14-,15?,16-,17+,18?/m1/s1. The third kappa shape index (κ3) is 5.09. The van der Waals surface area contributed by atoms with Crippen molar-refractivity contribution in [2.75, 3.05) is 5.32 Å². The lowest BCUT2D eigenvalue weighted by Gasteiger charge is -2.21. The van der Waals surface area contributed by atoms with Gasteiger partial charge in [0.1, 0.15) is 5.82 Å². The zero-order chi connectivity index (χ0) is 24.7. The summed E-state index contributed by atoms with van der Waals surface area (Å²) in [6.07, 6.45) is 2.04. The van der Waals surface area contributed by atoms with E-state index in [4.69, 9.17) is 0 Å². The highest BCUT2D eigenvalue weighted by molar-refractivity contribution is 5.92. The first-order valence-corrected chi connectivity index (χ1v) is 11.7. The van der Waals surface area contributed by atoms with Gasteiger partial charge in [0, 0.05) is 23.6 Å². The summed E-state index contributed by atoms with van der Waals surface area (Å²) in [7, 11) is 0. The number of hydrogen-bond donors (Lipinski definition) is 1. The molecule has 0 aliphatic heterocycles. The number of halogens is 4. The molecule has 35 heavy (non-hydrogen) atoms. The summed E-state index contributed by atoms with van der Waals surface area (Å²) >= 11 is 0. The Kier molecular flexibility index (Phi) is 6.11. The summed E-state index contributed by atoms with van der Waals surface area (Å²) in [5, 5.41) is 3.63. The maximum Gasteiger partial charge on any atom is 0.574 e. The number of aromatic nitrogens is 2. The van der Waals surface area contributed by atoms with Crippen LogP contribution in [0.5, 0.6) is 5.88 Å². The van der Waals surface area contributed by atoms with E-state index >= 15 is 0 Å². The van der Waals surface area contributed by atoms with Crippen LogP contribution in [0.2, 0.25) is 0 Å². The van der Waals surface area contributed by atoms with Crippen molar-refractivity contribution in [2.24, 2.45) is 23.7 Å². The predicted octanol–water partition coefficient (Wildman–Crippen LogP) is 6.46. The van der Waals surface area contributed by atoms with Crippen LogP contribution in [0, 0.1) is 29.5 Å². The zero-order valence-corrected chi connectivity index (χ0v) is 19.1. The van der Waals surface area contributed by atoms with Gasteiger partial charge in [0.2, 0.25) is 11.8 Å². The predicted molar refractivity (Wildman–Crippen MR) is 122 cm³/mol.